The zero-order valence-corrected chi connectivity index (χ0v) is 18.7. The molecule has 2 aliphatic rings. The summed E-state index contributed by atoms with van der Waals surface area (Å²) in [4.78, 5) is 32.9. The molecule has 168 valence electrons. The van der Waals surface area contributed by atoms with Crippen molar-refractivity contribution in [1.82, 2.24) is 19.0 Å². The Morgan fingerprint density at radius 2 is 1.81 bits per heavy atom. The lowest BCUT2D eigenvalue weighted by Crippen LogP contribution is -2.32. The molecule has 6 nitrogen and oxygen atoms in total. The standard InChI is InChI=1S/C26H32N4O2/c31-24(14-13-20-8-3-1-4-9-20)28-17-15-22(19-28)30-25-23(12-7-16-27-25)29(26(30)32)18-21-10-5-2-6-11-21/h2,5-7,10-12,16,20,22H,1,3-4,8-9,13-15,17-19H2/t22-/m1/s1. The molecule has 1 saturated heterocycles. The number of imidazole rings is 1. The predicted molar refractivity (Wildman–Crippen MR) is 126 cm³/mol. The van der Waals surface area contributed by atoms with Crippen molar-refractivity contribution in [1.29, 1.82) is 0 Å². The molecule has 6 heteroatoms. The molecule has 1 aliphatic carbocycles. The van der Waals surface area contributed by atoms with Gasteiger partial charge in [-0.15, -0.1) is 0 Å². The van der Waals surface area contributed by atoms with Crippen molar-refractivity contribution in [2.24, 2.45) is 5.92 Å². The van der Waals surface area contributed by atoms with E-state index in [1.165, 1.54) is 32.1 Å². The molecular weight excluding hydrogens is 400 g/mol. The van der Waals surface area contributed by atoms with Gasteiger partial charge in [0.1, 0.15) is 0 Å². The molecule has 0 N–H and O–H groups in total. The second-order valence-corrected chi connectivity index (χ2v) is 9.40. The number of amides is 1. The van der Waals surface area contributed by atoms with Gasteiger partial charge in [0.15, 0.2) is 5.65 Å². The summed E-state index contributed by atoms with van der Waals surface area (Å²) in [6.07, 6.45) is 10.7. The van der Waals surface area contributed by atoms with Gasteiger partial charge in [0.2, 0.25) is 5.91 Å². The molecule has 0 spiro atoms. The Kier molecular flexibility index (Phi) is 6.10. The van der Waals surface area contributed by atoms with E-state index in [9.17, 15) is 9.59 Å². The largest absolute Gasteiger partial charge is 0.341 e. The molecule has 1 saturated carbocycles. The van der Waals surface area contributed by atoms with Gasteiger partial charge in [0, 0.05) is 25.7 Å². The maximum atomic E-state index is 13.5. The number of hydrogen-bond donors (Lipinski definition) is 0. The van der Waals surface area contributed by atoms with E-state index in [1.807, 2.05) is 56.5 Å². The molecule has 3 aromatic rings. The van der Waals surface area contributed by atoms with Crippen LogP contribution in [0.2, 0.25) is 0 Å². The molecule has 0 bridgehead atoms. The van der Waals surface area contributed by atoms with Crippen LogP contribution in [0.15, 0.2) is 53.5 Å². The summed E-state index contributed by atoms with van der Waals surface area (Å²) in [6, 6.07) is 13.9. The highest BCUT2D eigenvalue weighted by atomic mass is 16.2. The fraction of sp³-hybridized carbons (Fsp3) is 0.500. The van der Waals surface area contributed by atoms with E-state index in [4.69, 9.17) is 0 Å². The lowest BCUT2D eigenvalue weighted by atomic mass is 9.86. The molecule has 1 aliphatic heterocycles. The summed E-state index contributed by atoms with van der Waals surface area (Å²) in [7, 11) is 0. The van der Waals surface area contributed by atoms with Gasteiger partial charge in [0.05, 0.1) is 18.1 Å². The number of nitrogens with zero attached hydrogens (tertiary/aromatic N) is 4. The van der Waals surface area contributed by atoms with E-state index in [0.717, 1.165) is 36.1 Å². The second kappa shape index (κ2) is 9.31. The number of benzene rings is 1. The van der Waals surface area contributed by atoms with Crippen molar-refractivity contribution >= 4 is 17.1 Å². The average Bonchev–Trinajstić information content (AvgIpc) is 3.42. The summed E-state index contributed by atoms with van der Waals surface area (Å²) >= 11 is 0. The summed E-state index contributed by atoms with van der Waals surface area (Å²) in [5.41, 5.74) is 2.62. The number of fused-ring (bicyclic) bond motifs is 1. The fourth-order valence-electron chi connectivity index (χ4n) is 5.50. The zero-order chi connectivity index (χ0) is 21.9. The lowest BCUT2D eigenvalue weighted by Gasteiger charge is -2.23. The van der Waals surface area contributed by atoms with Crippen LogP contribution in [0.25, 0.3) is 11.2 Å². The highest BCUT2D eigenvalue weighted by molar-refractivity contribution is 5.76. The summed E-state index contributed by atoms with van der Waals surface area (Å²) in [5, 5.41) is 0. The van der Waals surface area contributed by atoms with Crippen LogP contribution in [0, 0.1) is 5.92 Å². The van der Waals surface area contributed by atoms with E-state index >= 15 is 0 Å². The van der Waals surface area contributed by atoms with Gasteiger partial charge in [-0.25, -0.2) is 9.78 Å². The Morgan fingerprint density at radius 3 is 2.62 bits per heavy atom. The fourth-order valence-corrected chi connectivity index (χ4v) is 5.50. The van der Waals surface area contributed by atoms with Gasteiger partial charge in [-0.3, -0.25) is 13.9 Å². The van der Waals surface area contributed by atoms with Crippen molar-refractivity contribution in [2.75, 3.05) is 13.1 Å². The third-order valence-corrected chi connectivity index (χ3v) is 7.28. The summed E-state index contributed by atoms with van der Waals surface area (Å²) in [5.74, 6) is 0.959. The Bertz CT molecular complexity index is 1130. The summed E-state index contributed by atoms with van der Waals surface area (Å²) in [6.45, 7) is 1.84. The van der Waals surface area contributed by atoms with Crippen LogP contribution >= 0.6 is 0 Å². The first kappa shape index (κ1) is 21.0. The van der Waals surface area contributed by atoms with E-state index in [0.29, 0.717) is 25.4 Å². The van der Waals surface area contributed by atoms with Gasteiger partial charge in [-0.05, 0) is 36.5 Å². The Balaban J connectivity index is 1.33. The van der Waals surface area contributed by atoms with Gasteiger partial charge < -0.3 is 4.90 Å². The van der Waals surface area contributed by atoms with Crippen molar-refractivity contribution in [2.45, 2.75) is 64.0 Å². The van der Waals surface area contributed by atoms with Crippen LogP contribution in [0.3, 0.4) is 0 Å². The van der Waals surface area contributed by atoms with Gasteiger partial charge >= 0.3 is 5.69 Å². The minimum Gasteiger partial charge on any atom is -0.341 e. The highest BCUT2D eigenvalue weighted by Gasteiger charge is 2.31. The van der Waals surface area contributed by atoms with Gasteiger partial charge in [-0.2, -0.15) is 0 Å². The molecule has 1 aromatic carbocycles. The maximum Gasteiger partial charge on any atom is 0.330 e. The van der Waals surface area contributed by atoms with Crippen LogP contribution in [0.1, 0.15) is 63.0 Å². The molecule has 1 atom stereocenters. The highest BCUT2D eigenvalue weighted by Crippen LogP contribution is 2.29. The molecular formula is C26H32N4O2. The monoisotopic (exact) mass is 432 g/mol. The Morgan fingerprint density at radius 1 is 1.00 bits per heavy atom. The predicted octanol–water partition coefficient (Wildman–Crippen LogP) is 4.38. The summed E-state index contributed by atoms with van der Waals surface area (Å²) < 4.78 is 3.64. The van der Waals surface area contributed by atoms with E-state index in [2.05, 4.69) is 4.98 Å². The molecule has 0 radical (unpaired) electrons. The Labute approximate surface area is 188 Å². The third kappa shape index (κ3) is 4.23. The smallest absolute Gasteiger partial charge is 0.330 e. The van der Waals surface area contributed by atoms with Crippen molar-refractivity contribution in [3.8, 4) is 0 Å². The number of likely N-dealkylation sites (tertiary alicyclic amines) is 1. The van der Waals surface area contributed by atoms with Crippen LogP contribution < -0.4 is 5.69 Å². The van der Waals surface area contributed by atoms with Crippen molar-refractivity contribution in [3.63, 3.8) is 0 Å². The van der Waals surface area contributed by atoms with Crippen LogP contribution in [0.4, 0.5) is 0 Å². The molecule has 0 unspecified atom stereocenters. The van der Waals surface area contributed by atoms with E-state index in [1.54, 1.807) is 6.20 Å². The minimum atomic E-state index is -0.0379. The number of carbonyl (C=O) groups excluding carboxylic acids is 1. The molecule has 1 amide bonds. The van der Waals surface area contributed by atoms with Crippen molar-refractivity contribution in [3.05, 3.63) is 64.7 Å². The topological polar surface area (TPSA) is 60.1 Å². The van der Waals surface area contributed by atoms with Crippen LogP contribution in [0.5, 0.6) is 0 Å². The number of rotatable bonds is 6. The van der Waals surface area contributed by atoms with Gasteiger partial charge in [-0.1, -0.05) is 62.4 Å². The molecule has 2 aromatic heterocycles. The van der Waals surface area contributed by atoms with E-state index < -0.39 is 0 Å². The first-order valence-corrected chi connectivity index (χ1v) is 12.1. The van der Waals surface area contributed by atoms with Gasteiger partial charge in [0.25, 0.3) is 0 Å². The lowest BCUT2D eigenvalue weighted by molar-refractivity contribution is -0.130. The molecule has 5 rings (SSSR count). The maximum absolute atomic E-state index is 13.5. The number of pyridine rings is 1. The molecule has 2 fully saturated rings. The van der Waals surface area contributed by atoms with Crippen LogP contribution in [-0.4, -0.2) is 38.0 Å². The van der Waals surface area contributed by atoms with Crippen molar-refractivity contribution < 1.29 is 4.79 Å². The second-order valence-electron chi connectivity index (χ2n) is 9.40. The normalized spacial score (nSPS) is 19.6. The molecule has 32 heavy (non-hydrogen) atoms. The Hall–Kier alpha value is -2.89. The SMILES string of the molecule is O=C(CCC1CCCCC1)N1CC[C@@H](n2c(=O)n(Cc3ccccc3)c3cccnc32)C1. The quantitative estimate of drug-likeness (QED) is 0.581. The minimum absolute atomic E-state index is 0.0180. The zero-order valence-electron chi connectivity index (χ0n) is 18.7. The molecule has 3 heterocycles. The number of hydrogen-bond acceptors (Lipinski definition) is 3. The first-order valence-electron chi connectivity index (χ1n) is 12.1. The first-order chi connectivity index (χ1) is 15.7. The average molecular weight is 433 g/mol. The number of aromatic nitrogens is 3. The van der Waals surface area contributed by atoms with Crippen LogP contribution in [-0.2, 0) is 11.3 Å². The number of carbonyl (C=O) groups is 1. The third-order valence-electron chi connectivity index (χ3n) is 7.28. The van der Waals surface area contributed by atoms with E-state index in [-0.39, 0.29) is 17.6 Å².